The third-order valence-corrected chi connectivity index (χ3v) is 6.22. The van der Waals surface area contributed by atoms with Crippen LogP contribution in [0, 0.1) is 5.92 Å². The molecule has 1 saturated heterocycles. The first-order valence-corrected chi connectivity index (χ1v) is 10.8. The molecule has 0 spiro atoms. The molecular formula is C23H27ClN4O3. The van der Waals surface area contributed by atoms with Crippen molar-refractivity contribution in [3.63, 3.8) is 0 Å². The predicted octanol–water partition coefficient (Wildman–Crippen LogP) is 4.08. The van der Waals surface area contributed by atoms with Crippen LogP contribution in [0.5, 0.6) is 5.75 Å². The Morgan fingerprint density at radius 3 is 2.65 bits per heavy atom. The Hall–Kier alpha value is -2.80. The molecule has 0 aromatic heterocycles. The summed E-state index contributed by atoms with van der Waals surface area (Å²) in [6, 6.07) is 8.25. The number of likely N-dealkylation sites (tertiary alicyclic amines) is 1. The summed E-state index contributed by atoms with van der Waals surface area (Å²) in [6.45, 7) is 7.24. The van der Waals surface area contributed by atoms with E-state index in [1.165, 1.54) is 0 Å². The highest BCUT2D eigenvalue weighted by Gasteiger charge is 2.38. The maximum absolute atomic E-state index is 12.8. The van der Waals surface area contributed by atoms with Crippen molar-refractivity contribution in [2.75, 3.05) is 20.2 Å². The molecule has 0 bridgehead atoms. The van der Waals surface area contributed by atoms with Crippen LogP contribution in [0.15, 0.2) is 57.3 Å². The van der Waals surface area contributed by atoms with E-state index in [4.69, 9.17) is 21.1 Å². The van der Waals surface area contributed by atoms with Gasteiger partial charge >= 0.3 is 0 Å². The lowest BCUT2D eigenvalue weighted by atomic mass is 10.0. The number of amides is 1. The van der Waals surface area contributed by atoms with E-state index in [-0.39, 0.29) is 24.0 Å². The Labute approximate surface area is 187 Å². The van der Waals surface area contributed by atoms with Crippen LogP contribution in [0.2, 0.25) is 0 Å². The molecule has 3 heterocycles. The van der Waals surface area contributed by atoms with E-state index in [1.54, 1.807) is 13.2 Å². The minimum Gasteiger partial charge on any atom is -0.497 e. The van der Waals surface area contributed by atoms with Crippen molar-refractivity contribution in [2.45, 2.75) is 39.3 Å². The zero-order chi connectivity index (χ0) is 22.1. The van der Waals surface area contributed by atoms with Crippen molar-refractivity contribution in [1.29, 1.82) is 0 Å². The lowest BCUT2D eigenvalue weighted by Crippen LogP contribution is -2.43. The van der Waals surface area contributed by atoms with Gasteiger partial charge in [-0.05, 0) is 44.5 Å². The van der Waals surface area contributed by atoms with Crippen molar-refractivity contribution >= 4 is 29.4 Å². The van der Waals surface area contributed by atoms with E-state index in [9.17, 15) is 4.79 Å². The fourth-order valence-electron chi connectivity index (χ4n) is 4.04. The van der Waals surface area contributed by atoms with Gasteiger partial charge in [0.05, 0.1) is 13.2 Å². The minimum atomic E-state index is -0.202. The average Bonchev–Trinajstić information content (AvgIpc) is 3.14. The van der Waals surface area contributed by atoms with Gasteiger partial charge in [-0.15, -0.1) is 0 Å². The molecule has 1 aromatic carbocycles. The van der Waals surface area contributed by atoms with E-state index in [1.807, 2.05) is 54.0 Å². The summed E-state index contributed by atoms with van der Waals surface area (Å²) in [7, 11) is 1.64. The topological polar surface area (TPSA) is 66.7 Å². The van der Waals surface area contributed by atoms with Gasteiger partial charge in [0.25, 0.3) is 6.02 Å². The highest BCUT2D eigenvalue weighted by molar-refractivity contribution is 6.32. The number of benzene rings is 1. The number of hydrogen-bond donors (Lipinski definition) is 0. The number of rotatable bonds is 5. The number of aliphatic imine (C=N–C) groups is 2. The monoisotopic (exact) mass is 442 g/mol. The summed E-state index contributed by atoms with van der Waals surface area (Å²) in [6.07, 6.45) is 3.98. The molecular weight excluding hydrogens is 416 g/mol. The van der Waals surface area contributed by atoms with E-state index in [2.05, 4.69) is 16.9 Å². The molecule has 0 aliphatic carbocycles. The molecule has 3 aliphatic rings. The van der Waals surface area contributed by atoms with E-state index < -0.39 is 0 Å². The summed E-state index contributed by atoms with van der Waals surface area (Å²) < 4.78 is 11.4. The Morgan fingerprint density at radius 1 is 1.19 bits per heavy atom. The number of ether oxygens (including phenoxy) is 2. The smallest absolute Gasteiger partial charge is 0.299 e. The third-order valence-electron chi connectivity index (χ3n) is 6.03. The van der Waals surface area contributed by atoms with Crippen LogP contribution in [0.1, 0.15) is 38.8 Å². The number of allylic oxidation sites excluding steroid dienone is 1. The van der Waals surface area contributed by atoms with Gasteiger partial charge in [-0.2, -0.15) is 4.99 Å². The van der Waals surface area contributed by atoms with E-state index in [0.717, 1.165) is 22.8 Å². The summed E-state index contributed by atoms with van der Waals surface area (Å²) in [5.41, 5.74) is 2.01. The molecule has 31 heavy (non-hydrogen) atoms. The number of carbonyl (C=O) groups excluding carboxylic acids is 1. The molecule has 3 unspecified atom stereocenters. The lowest BCUT2D eigenvalue weighted by molar-refractivity contribution is -0.129. The van der Waals surface area contributed by atoms with Crippen LogP contribution in [0.3, 0.4) is 0 Å². The molecule has 1 aromatic rings. The van der Waals surface area contributed by atoms with Crippen LogP contribution < -0.4 is 4.74 Å². The van der Waals surface area contributed by atoms with Crippen molar-refractivity contribution in [3.8, 4) is 5.75 Å². The number of amidine groups is 2. The summed E-state index contributed by atoms with van der Waals surface area (Å²) in [5, 5.41) is 0.337. The molecule has 4 rings (SSSR count). The maximum atomic E-state index is 12.8. The highest BCUT2D eigenvalue weighted by Crippen LogP contribution is 2.32. The highest BCUT2D eigenvalue weighted by atomic mass is 35.5. The third kappa shape index (κ3) is 4.46. The Balaban J connectivity index is 1.43. The van der Waals surface area contributed by atoms with Gasteiger partial charge in [-0.25, -0.2) is 4.99 Å². The van der Waals surface area contributed by atoms with Gasteiger partial charge in [0.2, 0.25) is 5.91 Å². The van der Waals surface area contributed by atoms with E-state index >= 15 is 0 Å². The number of carbonyl (C=O) groups is 1. The predicted molar refractivity (Wildman–Crippen MR) is 121 cm³/mol. The summed E-state index contributed by atoms with van der Waals surface area (Å²) in [4.78, 5) is 25.5. The first-order chi connectivity index (χ1) is 14.9. The van der Waals surface area contributed by atoms with Crippen molar-refractivity contribution in [3.05, 3.63) is 52.8 Å². The standard InChI is InChI=1S/C23H27ClN4O3/c1-14-9-10-27-21(25-14)12-20(24)26-23(27)31-16(3)18-11-22(29)28(13-18)15(2)17-5-7-19(30-4)8-6-17/h5-9,12,15-16,18H,10-11,13H2,1-4H3. The quantitative estimate of drug-likeness (QED) is 0.644. The average molecular weight is 443 g/mol. The molecule has 0 radical (unpaired) electrons. The number of halogens is 1. The SMILES string of the molecule is COc1ccc(C(C)N2CC(C(C)OC3=NC(Cl)=CC4=NC(C)=CCN43)CC2=O)cc1. The second-order valence-corrected chi connectivity index (χ2v) is 8.46. The normalized spacial score (nSPS) is 22.7. The zero-order valence-corrected chi connectivity index (χ0v) is 19.0. The Morgan fingerprint density at radius 2 is 1.94 bits per heavy atom. The second-order valence-electron chi connectivity index (χ2n) is 8.07. The molecule has 8 heteroatoms. The van der Waals surface area contributed by atoms with Crippen LogP contribution in [-0.4, -0.2) is 53.9 Å². The molecule has 164 valence electrons. The van der Waals surface area contributed by atoms with Gasteiger partial charge in [0.15, 0.2) is 0 Å². The Bertz CT molecular complexity index is 983. The molecule has 0 saturated carbocycles. The first kappa shape index (κ1) is 21.4. The van der Waals surface area contributed by atoms with Gasteiger partial charge in [0, 0.05) is 37.2 Å². The van der Waals surface area contributed by atoms with E-state index in [0.29, 0.717) is 30.7 Å². The number of fused-ring (bicyclic) bond motifs is 1. The maximum Gasteiger partial charge on any atom is 0.299 e. The number of methoxy groups -OCH3 is 1. The lowest BCUT2D eigenvalue weighted by Gasteiger charge is -2.32. The van der Waals surface area contributed by atoms with Crippen molar-refractivity contribution < 1.29 is 14.3 Å². The molecule has 1 amide bonds. The fourth-order valence-corrected chi connectivity index (χ4v) is 4.21. The minimum absolute atomic E-state index is 0.0195. The molecule has 3 atom stereocenters. The molecule has 7 nitrogen and oxygen atoms in total. The zero-order valence-electron chi connectivity index (χ0n) is 18.2. The molecule has 3 aliphatic heterocycles. The van der Waals surface area contributed by atoms with Gasteiger partial charge in [-0.3, -0.25) is 9.69 Å². The van der Waals surface area contributed by atoms with Crippen LogP contribution in [-0.2, 0) is 9.53 Å². The summed E-state index contributed by atoms with van der Waals surface area (Å²) in [5.74, 6) is 1.71. The summed E-state index contributed by atoms with van der Waals surface area (Å²) >= 11 is 6.19. The van der Waals surface area contributed by atoms with Crippen LogP contribution >= 0.6 is 11.6 Å². The van der Waals surface area contributed by atoms with Crippen LogP contribution in [0.4, 0.5) is 0 Å². The number of nitrogens with zero attached hydrogens (tertiary/aromatic N) is 4. The second kappa shape index (κ2) is 8.75. The van der Waals surface area contributed by atoms with Gasteiger partial charge in [-0.1, -0.05) is 23.7 Å². The van der Waals surface area contributed by atoms with Gasteiger partial charge in [0.1, 0.15) is 22.8 Å². The molecule has 1 fully saturated rings. The largest absolute Gasteiger partial charge is 0.497 e. The van der Waals surface area contributed by atoms with Crippen molar-refractivity contribution in [1.82, 2.24) is 9.80 Å². The van der Waals surface area contributed by atoms with Crippen molar-refractivity contribution in [2.24, 2.45) is 15.9 Å². The molecule has 0 N–H and O–H groups in total. The Kier molecular flexibility index (Phi) is 6.05. The van der Waals surface area contributed by atoms with Crippen LogP contribution in [0.25, 0.3) is 0 Å². The van der Waals surface area contributed by atoms with Gasteiger partial charge < -0.3 is 14.4 Å². The fraction of sp³-hybridized carbons (Fsp3) is 0.435. The first-order valence-electron chi connectivity index (χ1n) is 10.4. The number of hydrogen-bond acceptors (Lipinski definition) is 6.